The second-order valence-electron chi connectivity index (χ2n) is 24.2. The largest absolute Gasteiger partial charge is 0.455 e. The van der Waals surface area contributed by atoms with Crippen LogP contribution in [-0.4, -0.2) is 0 Å². The third kappa shape index (κ3) is 8.74. The highest BCUT2D eigenvalue weighted by Crippen LogP contribution is 2.50. The average molecular weight is 1160 g/mol. The molecule has 4 heteroatoms. The molecule has 2 aromatic heterocycles. The van der Waals surface area contributed by atoms with Crippen LogP contribution in [0.2, 0.25) is 0 Å². The van der Waals surface area contributed by atoms with E-state index in [9.17, 15) is 0 Å². The predicted octanol–water partition coefficient (Wildman–Crippen LogP) is 23.1. The normalized spacial score (nSPS) is 12.4. The molecule has 0 spiro atoms. The van der Waals surface area contributed by atoms with E-state index in [4.69, 9.17) is 8.83 Å². The van der Waals surface area contributed by atoms with Crippen LogP contribution in [0, 0.1) is 6.92 Å². The van der Waals surface area contributed by atoms with E-state index in [0.717, 1.165) is 151 Å². The lowest BCUT2D eigenvalue weighted by molar-refractivity contribution is 0.669. The van der Waals surface area contributed by atoms with E-state index in [-0.39, 0.29) is 0 Å². The van der Waals surface area contributed by atoms with Crippen molar-refractivity contribution in [1.29, 1.82) is 0 Å². The minimum Gasteiger partial charge on any atom is -0.455 e. The van der Waals surface area contributed by atoms with Crippen molar-refractivity contribution in [2.45, 2.75) is 19.8 Å². The Morgan fingerprint density at radius 1 is 0.297 bits per heavy atom. The Labute approximate surface area is 526 Å². The molecule has 0 fully saturated rings. The maximum atomic E-state index is 6.75. The molecule has 4 nitrogen and oxygen atoms in total. The number of nitrogens with zero attached hydrogens (tertiary/aromatic N) is 2. The number of para-hydroxylation sites is 3. The number of fused-ring (bicyclic) bond motifs is 13. The van der Waals surface area contributed by atoms with Gasteiger partial charge >= 0.3 is 0 Å². The maximum Gasteiger partial charge on any atom is 0.143 e. The van der Waals surface area contributed by atoms with Gasteiger partial charge in [-0.15, -0.1) is 0 Å². The number of benzene rings is 15. The van der Waals surface area contributed by atoms with Crippen LogP contribution >= 0.6 is 0 Å². The van der Waals surface area contributed by atoms with Crippen LogP contribution in [0.15, 0.2) is 312 Å². The van der Waals surface area contributed by atoms with Gasteiger partial charge in [-0.1, -0.05) is 236 Å². The van der Waals surface area contributed by atoms with Crippen molar-refractivity contribution in [2.24, 2.45) is 0 Å². The van der Waals surface area contributed by atoms with Crippen molar-refractivity contribution in [3.05, 3.63) is 325 Å². The number of rotatable bonds is 10. The Balaban J connectivity index is 0.850. The summed E-state index contributed by atoms with van der Waals surface area (Å²) in [5.74, 6) is 0. The fourth-order valence-electron chi connectivity index (χ4n) is 14.7. The highest BCUT2D eigenvalue weighted by atomic mass is 16.3. The summed E-state index contributed by atoms with van der Waals surface area (Å²) < 4.78 is 13.4. The molecule has 15 aromatic carbocycles. The third-order valence-electron chi connectivity index (χ3n) is 19.0. The van der Waals surface area contributed by atoms with Crippen LogP contribution in [-0.2, 0) is 0 Å². The van der Waals surface area contributed by atoms with Gasteiger partial charge in [-0.25, -0.2) is 0 Å². The lowest BCUT2D eigenvalue weighted by atomic mass is 9.92. The summed E-state index contributed by atoms with van der Waals surface area (Å²) >= 11 is 0. The zero-order valence-electron chi connectivity index (χ0n) is 50.1. The molecule has 0 bridgehead atoms. The van der Waals surface area contributed by atoms with E-state index in [1.807, 2.05) is 6.07 Å². The summed E-state index contributed by atoms with van der Waals surface area (Å²) in [7, 11) is 0. The first-order chi connectivity index (χ1) is 45.0. The fraction of sp³-hybridized carbons (Fsp3) is 0.0345. The van der Waals surface area contributed by atoms with Crippen LogP contribution in [0.1, 0.15) is 24.0 Å². The Bertz CT molecular complexity index is 5930. The van der Waals surface area contributed by atoms with Crippen LogP contribution in [0.25, 0.3) is 132 Å². The Kier molecular flexibility index (Phi) is 12.2. The zero-order chi connectivity index (χ0) is 60.1. The van der Waals surface area contributed by atoms with E-state index < -0.39 is 0 Å². The lowest BCUT2D eigenvalue weighted by Gasteiger charge is -2.30. The van der Waals surface area contributed by atoms with E-state index in [1.165, 1.54) is 43.5 Å². The van der Waals surface area contributed by atoms with Gasteiger partial charge in [-0.3, -0.25) is 0 Å². The molecule has 0 aliphatic heterocycles. The molecule has 0 saturated carbocycles. The van der Waals surface area contributed by atoms with Gasteiger partial charge in [0.05, 0.1) is 11.4 Å². The third-order valence-corrected chi connectivity index (χ3v) is 19.0. The standard InChI is InChI=1S/C87H58N2O2/c1-55-40-49-85-81(50-55)78-38-17-36-71(87(78)91-85)61-23-13-25-65(52-61)89(63-47-43-59(44-48-63)69-34-15-21-57-19-3-5-27-67(57)69)83-54-80-72-28-6-8-30-74(72)82(53-79(80)73-29-7-9-31-75(73)83)88(62-45-41-58(42-46-62)68-33-14-20-56-18-2-4-26-66(56)68)64-24-12-22-60(51-64)70-35-16-37-77-76-32-10-11-39-84(76)90-86(70)77/h2-13,15-32,34-54H,14,33H2,1H3. The van der Waals surface area contributed by atoms with E-state index in [2.05, 4.69) is 320 Å². The number of hydrogen-bond acceptors (Lipinski definition) is 4. The predicted molar refractivity (Wildman–Crippen MR) is 383 cm³/mol. The minimum atomic E-state index is 0.885. The van der Waals surface area contributed by atoms with Gasteiger partial charge in [0, 0.05) is 66.2 Å². The molecular weight excluding hydrogens is 1100 g/mol. The highest BCUT2D eigenvalue weighted by molar-refractivity contribution is 6.25. The van der Waals surface area contributed by atoms with Crippen molar-refractivity contribution in [3.8, 4) is 33.4 Å². The quantitative estimate of drug-likeness (QED) is 0.128. The van der Waals surface area contributed by atoms with Gasteiger partial charge in [0.15, 0.2) is 0 Å². The Hall–Kier alpha value is -11.7. The van der Waals surface area contributed by atoms with Crippen LogP contribution in [0.5, 0.6) is 0 Å². The van der Waals surface area contributed by atoms with Gasteiger partial charge in [-0.05, 0) is 175 Å². The molecular formula is C87H58N2O2. The first-order valence-electron chi connectivity index (χ1n) is 31.5. The molecule has 1 aliphatic rings. The molecule has 0 radical (unpaired) electrons. The molecule has 17 aromatic rings. The second-order valence-corrected chi connectivity index (χ2v) is 24.2. The molecule has 18 rings (SSSR count). The Morgan fingerprint density at radius 2 is 0.780 bits per heavy atom. The molecule has 0 unspecified atom stereocenters. The van der Waals surface area contributed by atoms with E-state index >= 15 is 0 Å². The molecule has 0 atom stereocenters. The maximum absolute atomic E-state index is 6.75. The second kappa shape index (κ2) is 21.3. The van der Waals surface area contributed by atoms with E-state index in [0.29, 0.717) is 0 Å². The summed E-state index contributed by atoms with van der Waals surface area (Å²) in [4.78, 5) is 4.94. The first kappa shape index (κ1) is 52.4. The number of furan rings is 2. The lowest BCUT2D eigenvalue weighted by Crippen LogP contribution is -2.29. The Morgan fingerprint density at radius 3 is 1.43 bits per heavy atom. The average Bonchev–Trinajstić information content (AvgIpc) is 1.56. The number of hydrogen-bond donors (Lipinski definition) is 0. The molecule has 428 valence electrons. The minimum absolute atomic E-state index is 0.885. The van der Waals surface area contributed by atoms with Gasteiger partial charge in [-0.2, -0.15) is 0 Å². The van der Waals surface area contributed by atoms with Crippen LogP contribution in [0.4, 0.5) is 34.1 Å². The summed E-state index contributed by atoms with van der Waals surface area (Å²) in [6, 6.07) is 111. The van der Waals surface area contributed by atoms with Crippen molar-refractivity contribution < 1.29 is 8.83 Å². The molecule has 91 heavy (non-hydrogen) atoms. The summed E-state index contributed by atoms with van der Waals surface area (Å²) in [6.07, 6.45) is 4.39. The molecule has 0 amide bonds. The van der Waals surface area contributed by atoms with Crippen molar-refractivity contribution in [3.63, 3.8) is 0 Å². The van der Waals surface area contributed by atoms with Crippen LogP contribution < -0.4 is 20.2 Å². The monoisotopic (exact) mass is 1160 g/mol. The smallest absolute Gasteiger partial charge is 0.143 e. The van der Waals surface area contributed by atoms with Crippen molar-refractivity contribution >= 4 is 133 Å². The number of anilines is 6. The van der Waals surface area contributed by atoms with Crippen molar-refractivity contribution in [1.82, 2.24) is 0 Å². The summed E-state index contributed by atoms with van der Waals surface area (Å²) in [6.45, 7) is 2.14. The number of aryl methyl sites for hydroxylation is 1. The van der Waals surface area contributed by atoms with Gasteiger partial charge in [0.1, 0.15) is 22.3 Å². The van der Waals surface area contributed by atoms with Gasteiger partial charge in [0.25, 0.3) is 0 Å². The highest BCUT2D eigenvalue weighted by Gasteiger charge is 2.25. The summed E-state index contributed by atoms with van der Waals surface area (Å²) in [5, 5.41) is 16.4. The van der Waals surface area contributed by atoms with Crippen molar-refractivity contribution in [2.75, 3.05) is 9.80 Å². The first-order valence-corrected chi connectivity index (χ1v) is 31.5. The zero-order valence-corrected chi connectivity index (χ0v) is 50.1. The molecule has 0 saturated heterocycles. The topological polar surface area (TPSA) is 32.8 Å². The van der Waals surface area contributed by atoms with Crippen LogP contribution in [0.3, 0.4) is 0 Å². The van der Waals surface area contributed by atoms with E-state index in [1.54, 1.807) is 0 Å². The SMILES string of the molecule is Cc1ccc2oc3c(-c4cccc(N(c5ccc(-c6cccc7ccccc67)cc5)c5cc6c7ccccc7c(N(c7ccc(C8=c9ccccc9=CCC8)cc7)c7cccc(-c8cccc9c8oc8ccccc89)c7)cc6c6ccccc56)c4)cccc3c2c1. The summed E-state index contributed by atoms with van der Waals surface area (Å²) in [5.41, 5.74) is 20.4. The molecule has 2 heterocycles. The fourth-order valence-corrected chi connectivity index (χ4v) is 14.7. The molecule has 0 N–H and O–H groups in total. The molecule has 1 aliphatic carbocycles. The van der Waals surface area contributed by atoms with Gasteiger partial charge in [0.2, 0.25) is 0 Å². The van der Waals surface area contributed by atoms with Gasteiger partial charge < -0.3 is 18.6 Å².